The van der Waals surface area contributed by atoms with E-state index in [-0.39, 0.29) is 5.56 Å². The fourth-order valence-electron chi connectivity index (χ4n) is 1.45. The molecule has 0 saturated heterocycles. The number of aromatic nitrogens is 1. The molecule has 1 heterocycles. The highest BCUT2D eigenvalue weighted by molar-refractivity contribution is 6.30. The van der Waals surface area contributed by atoms with Crippen molar-refractivity contribution in [2.75, 3.05) is 0 Å². The second-order valence-electron chi connectivity index (χ2n) is 3.35. The molecule has 0 aliphatic rings. The summed E-state index contributed by atoms with van der Waals surface area (Å²) in [5.41, 5.74) is 0.798. The van der Waals surface area contributed by atoms with Gasteiger partial charge in [-0.15, -0.1) is 0 Å². The van der Waals surface area contributed by atoms with E-state index in [9.17, 15) is 9.50 Å². The normalized spacial score (nSPS) is 12.4. The van der Waals surface area contributed by atoms with Crippen molar-refractivity contribution in [1.82, 2.24) is 4.98 Å². The smallest absolute Gasteiger partial charge is 0.130 e. The highest BCUT2D eigenvalue weighted by Gasteiger charge is 2.14. The zero-order chi connectivity index (χ0) is 11.5. The Labute approximate surface area is 97.3 Å². The molecule has 1 aromatic heterocycles. The number of hydrogen-bond donors (Lipinski definition) is 1. The summed E-state index contributed by atoms with van der Waals surface area (Å²) in [6.45, 7) is 0. The van der Waals surface area contributed by atoms with Crippen LogP contribution in [-0.4, -0.2) is 10.1 Å². The lowest BCUT2D eigenvalue weighted by molar-refractivity contribution is 0.215. The molecule has 0 aliphatic carbocycles. The zero-order valence-corrected chi connectivity index (χ0v) is 9.03. The van der Waals surface area contributed by atoms with Gasteiger partial charge in [-0.2, -0.15) is 0 Å². The van der Waals surface area contributed by atoms with E-state index >= 15 is 0 Å². The standard InChI is InChI=1S/C12H9ClFNO/c13-9-1-2-10(11(14)7-9)12(16)8-3-5-15-6-4-8/h1-7,12,16H. The van der Waals surface area contributed by atoms with Crippen LogP contribution in [0.25, 0.3) is 0 Å². The van der Waals surface area contributed by atoms with Crippen LogP contribution in [0.15, 0.2) is 42.7 Å². The Morgan fingerprint density at radius 3 is 2.50 bits per heavy atom. The first-order chi connectivity index (χ1) is 7.68. The van der Waals surface area contributed by atoms with Crippen molar-refractivity contribution in [2.24, 2.45) is 0 Å². The van der Waals surface area contributed by atoms with E-state index in [1.807, 2.05) is 0 Å². The topological polar surface area (TPSA) is 33.1 Å². The molecule has 2 rings (SSSR count). The summed E-state index contributed by atoms with van der Waals surface area (Å²) in [6.07, 6.45) is 2.10. The van der Waals surface area contributed by atoms with E-state index in [0.29, 0.717) is 10.6 Å². The second kappa shape index (κ2) is 4.60. The molecule has 16 heavy (non-hydrogen) atoms. The third kappa shape index (κ3) is 2.21. The van der Waals surface area contributed by atoms with Crippen LogP contribution in [0.3, 0.4) is 0 Å². The van der Waals surface area contributed by atoms with Gasteiger partial charge in [0.15, 0.2) is 0 Å². The molecule has 1 aromatic carbocycles. The van der Waals surface area contributed by atoms with E-state index in [4.69, 9.17) is 11.6 Å². The summed E-state index contributed by atoms with van der Waals surface area (Å²) < 4.78 is 13.5. The molecule has 0 spiro atoms. The van der Waals surface area contributed by atoms with Gasteiger partial charge in [0.25, 0.3) is 0 Å². The number of aliphatic hydroxyl groups is 1. The van der Waals surface area contributed by atoms with Crippen molar-refractivity contribution in [1.29, 1.82) is 0 Å². The van der Waals surface area contributed by atoms with Crippen LogP contribution < -0.4 is 0 Å². The molecule has 1 unspecified atom stereocenters. The molecule has 0 radical (unpaired) electrons. The van der Waals surface area contributed by atoms with Crippen molar-refractivity contribution in [3.8, 4) is 0 Å². The lowest BCUT2D eigenvalue weighted by Crippen LogP contribution is -2.02. The lowest BCUT2D eigenvalue weighted by atomic mass is 10.0. The third-order valence-corrected chi connectivity index (χ3v) is 2.51. The van der Waals surface area contributed by atoms with Crippen molar-refractivity contribution >= 4 is 11.6 Å². The molecule has 0 fully saturated rings. The average molecular weight is 238 g/mol. The highest BCUT2D eigenvalue weighted by Crippen LogP contribution is 2.25. The molecule has 2 aromatic rings. The van der Waals surface area contributed by atoms with E-state index in [1.54, 1.807) is 30.6 Å². The van der Waals surface area contributed by atoms with Crippen molar-refractivity contribution in [2.45, 2.75) is 6.10 Å². The average Bonchev–Trinajstić information content (AvgIpc) is 2.29. The SMILES string of the molecule is OC(c1ccncc1)c1ccc(Cl)cc1F. The Balaban J connectivity index is 2.38. The van der Waals surface area contributed by atoms with Crippen LogP contribution in [0, 0.1) is 5.82 Å². The maximum absolute atomic E-state index is 13.5. The summed E-state index contributed by atoms with van der Waals surface area (Å²) in [6, 6.07) is 7.48. The molecule has 0 amide bonds. The maximum atomic E-state index is 13.5. The van der Waals surface area contributed by atoms with Crippen LogP contribution in [-0.2, 0) is 0 Å². The minimum atomic E-state index is -1.000. The van der Waals surface area contributed by atoms with E-state index in [1.165, 1.54) is 12.1 Å². The molecule has 0 bridgehead atoms. The van der Waals surface area contributed by atoms with Gasteiger partial charge in [-0.3, -0.25) is 4.98 Å². The van der Waals surface area contributed by atoms with E-state index < -0.39 is 11.9 Å². The Hall–Kier alpha value is -1.45. The predicted molar refractivity (Wildman–Crippen MR) is 59.7 cm³/mol. The molecule has 4 heteroatoms. The van der Waals surface area contributed by atoms with Gasteiger partial charge in [0.05, 0.1) is 0 Å². The van der Waals surface area contributed by atoms with E-state index in [2.05, 4.69) is 4.98 Å². The summed E-state index contributed by atoms with van der Waals surface area (Å²) in [7, 11) is 0. The summed E-state index contributed by atoms with van der Waals surface area (Å²) in [4.78, 5) is 3.83. The quantitative estimate of drug-likeness (QED) is 0.871. The lowest BCUT2D eigenvalue weighted by Gasteiger charge is -2.12. The van der Waals surface area contributed by atoms with Crippen LogP contribution in [0.1, 0.15) is 17.2 Å². The number of halogens is 2. The molecule has 1 atom stereocenters. The van der Waals surface area contributed by atoms with Gasteiger partial charge in [-0.25, -0.2) is 4.39 Å². The van der Waals surface area contributed by atoms with E-state index in [0.717, 1.165) is 0 Å². The molecule has 2 nitrogen and oxygen atoms in total. The second-order valence-corrected chi connectivity index (χ2v) is 3.79. The number of nitrogens with zero attached hydrogens (tertiary/aromatic N) is 1. The molecule has 82 valence electrons. The Morgan fingerprint density at radius 1 is 1.19 bits per heavy atom. The van der Waals surface area contributed by atoms with Crippen molar-refractivity contribution in [3.05, 3.63) is 64.7 Å². The minimum absolute atomic E-state index is 0.204. The van der Waals surface area contributed by atoms with Crippen molar-refractivity contribution < 1.29 is 9.50 Å². The first-order valence-corrected chi connectivity index (χ1v) is 5.09. The summed E-state index contributed by atoms with van der Waals surface area (Å²) in [5.74, 6) is -0.517. The largest absolute Gasteiger partial charge is 0.384 e. The van der Waals surface area contributed by atoms with Crippen LogP contribution in [0.5, 0.6) is 0 Å². The third-order valence-electron chi connectivity index (χ3n) is 2.28. The number of rotatable bonds is 2. The summed E-state index contributed by atoms with van der Waals surface area (Å²) >= 11 is 5.64. The molecular weight excluding hydrogens is 229 g/mol. The number of aliphatic hydroxyl groups excluding tert-OH is 1. The Morgan fingerprint density at radius 2 is 1.88 bits per heavy atom. The first kappa shape index (κ1) is 11.0. The number of pyridine rings is 1. The molecular formula is C12H9ClFNO. The molecule has 1 N–H and O–H groups in total. The first-order valence-electron chi connectivity index (χ1n) is 4.71. The highest BCUT2D eigenvalue weighted by atomic mass is 35.5. The van der Waals surface area contributed by atoms with Gasteiger partial charge >= 0.3 is 0 Å². The van der Waals surface area contributed by atoms with Gasteiger partial charge in [0.2, 0.25) is 0 Å². The van der Waals surface area contributed by atoms with Crippen LogP contribution >= 0.6 is 11.6 Å². The van der Waals surface area contributed by atoms with Gasteiger partial charge in [-0.1, -0.05) is 17.7 Å². The fourth-order valence-corrected chi connectivity index (χ4v) is 1.61. The molecule has 0 aliphatic heterocycles. The monoisotopic (exact) mass is 237 g/mol. The van der Waals surface area contributed by atoms with Gasteiger partial charge in [-0.05, 0) is 29.8 Å². The maximum Gasteiger partial charge on any atom is 0.130 e. The number of hydrogen-bond acceptors (Lipinski definition) is 2. The Kier molecular flexibility index (Phi) is 3.17. The van der Waals surface area contributed by atoms with Gasteiger partial charge in [0.1, 0.15) is 11.9 Å². The van der Waals surface area contributed by atoms with Crippen LogP contribution in [0.2, 0.25) is 5.02 Å². The van der Waals surface area contributed by atoms with Gasteiger partial charge in [0, 0.05) is 23.0 Å². The van der Waals surface area contributed by atoms with Crippen LogP contribution in [0.4, 0.5) is 4.39 Å². The van der Waals surface area contributed by atoms with Gasteiger partial charge < -0.3 is 5.11 Å². The van der Waals surface area contributed by atoms with Crippen molar-refractivity contribution in [3.63, 3.8) is 0 Å². The Bertz CT molecular complexity index is 490. The minimum Gasteiger partial charge on any atom is -0.384 e. The molecule has 0 saturated carbocycles. The fraction of sp³-hybridized carbons (Fsp3) is 0.0833. The zero-order valence-electron chi connectivity index (χ0n) is 8.27. The number of benzene rings is 1. The predicted octanol–water partition coefficient (Wildman–Crippen LogP) is 2.96. The summed E-state index contributed by atoms with van der Waals surface area (Å²) in [5, 5.41) is 10.3.